The summed E-state index contributed by atoms with van der Waals surface area (Å²) in [6.07, 6.45) is 1.61. The largest absolute Gasteiger partial charge is 0.478 e. The van der Waals surface area contributed by atoms with E-state index in [0.717, 1.165) is 16.6 Å². The second-order valence-corrected chi connectivity index (χ2v) is 5.57. The molecule has 0 unspecified atom stereocenters. The molecule has 0 atom stereocenters. The predicted molar refractivity (Wildman–Crippen MR) is 73.8 cm³/mol. The monoisotopic (exact) mass is 342 g/mol. The second-order valence-electron chi connectivity index (χ2n) is 3.59. The molecule has 0 amide bonds. The molecule has 19 heavy (non-hydrogen) atoms. The number of hydrogen-bond donors (Lipinski definition) is 2. The minimum absolute atomic E-state index is 0.202. The van der Waals surface area contributed by atoms with E-state index in [1.54, 1.807) is 18.3 Å². The number of nitrogen functional groups attached to an aromatic ring is 1. The smallest absolute Gasteiger partial charge is 0.338 e. The molecule has 4 nitrogen and oxygen atoms in total. The van der Waals surface area contributed by atoms with Crippen LogP contribution in [0.5, 0.6) is 0 Å². The van der Waals surface area contributed by atoms with E-state index in [9.17, 15) is 9.18 Å². The normalized spacial score (nSPS) is 10.4. The first kappa shape index (κ1) is 13.8. The summed E-state index contributed by atoms with van der Waals surface area (Å²) >= 11 is 4.43. The van der Waals surface area contributed by atoms with Crippen LogP contribution in [0.25, 0.3) is 0 Å². The van der Waals surface area contributed by atoms with Crippen LogP contribution in [0.2, 0.25) is 0 Å². The Bertz CT molecular complexity index is 634. The van der Waals surface area contributed by atoms with Crippen LogP contribution in [0, 0.1) is 5.82 Å². The molecule has 7 heteroatoms. The number of carbonyl (C=O) groups is 1. The summed E-state index contributed by atoms with van der Waals surface area (Å²) in [4.78, 5) is 15.3. The van der Waals surface area contributed by atoms with Gasteiger partial charge in [-0.2, -0.15) is 0 Å². The summed E-state index contributed by atoms with van der Waals surface area (Å²) in [5.74, 6) is -2.16. The lowest BCUT2D eigenvalue weighted by Gasteiger charge is -2.07. The van der Waals surface area contributed by atoms with E-state index in [1.807, 2.05) is 0 Å². The highest BCUT2D eigenvalue weighted by atomic mass is 79.9. The van der Waals surface area contributed by atoms with Crippen molar-refractivity contribution in [2.75, 3.05) is 5.73 Å². The molecule has 1 heterocycles. The van der Waals surface area contributed by atoms with Crippen LogP contribution in [0.1, 0.15) is 10.4 Å². The van der Waals surface area contributed by atoms with Gasteiger partial charge in [0.15, 0.2) is 0 Å². The Balaban J connectivity index is 2.33. The maximum atomic E-state index is 13.6. The lowest BCUT2D eigenvalue weighted by molar-refractivity contribution is 0.0692. The van der Waals surface area contributed by atoms with E-state index < -0.39 is 17.3 Å². The van der Waals surface area contributed by atoms with Gasteiger partial charge in [0.2, 0.25) is 0 Å². The number of halogens is 2. The van der Waals surface area contributed by atoms with E-state index in [0.29, 0.717) is 9.92 Å². The number of nitrogens with two attached hydrogens (primary N) is 1. The second kappa shape index (κ2) is 5.58. The van der Waals surface area contributed by atoms with Crippen LogP contribution in [0.4, 0.5) is 10.1 Å². The molecule has 0 aliphatic heterocycles. The topological polar surface area (TPSA) is 76.2 Å². The van der Waals surface area contributed by atoms with Crippen molar-refractivity contribution < 1.29 is 14.3 Å². The molecule has 0 saturated heterocycles. The molecule has 0 aliphatic carbocycles. The third kappa shape index (κ3) is 3.24. The third-order valence-corrected chi connectivity index (χ3v) is 3.74. The Morgan fingerprint density at radius 1 is 1.42 bits per heavy atom. The molecule has 98 valence electrons. The fourth-order valence-corrected chi connectivity index (χ4v) is 2.40. The van der Waals surface area contributed by atoms with Crippen LogP contribution in [0.3, 0.4) is 0 Å². The molecular weight excluding hydrogens is 335 g/mol. The van der Waals surface area contributed by atoms with Gasteiger partial charge < -0.3 is 10.8 Å². The fourth-order valence-electron chi connectivity index (χ4n) is 1.36. The van der Waals surface area contributed by atoms with Crippen molar-refractivity contribution in [1.29, 1.82) is 0 Å². The van der Waals surface area contributed by atoms with Crippen LogP contribution in [-0.4, -0.2) is 16.1 Å². The number of rotatable bonds is 3. The number of aromatic nitrogens is 1. The zero-order chi connectivity index (χ0) is 14.0. The minimum Gasteiger partial charge on any atom is -0.478 e. The van der Waals surface area contributed by atoms with Gasteiger partial charge in [0.25, 0.3) is 0 Å². The van der Waals surface area contributed by atoms with Gasteiger partial charge in [0, 0.05) is 21.3 Å². The molecule has 1 aromatic carbocycles. The van der Waals surface area contributed by atoms with E-state index >= 15 is 0 Å². The third-order valence-electron chi connectivity index (χ3n) is 2.24. The van der Waals surface area contributed by atoms with Crippen molar-refractivity contribution in [1.82, 2.24) is 4.98 Å². The molecule has 1 aromatic heterocycles. The SMILES string of the molecule is Nc1cc(C(=O)O)c(F)cc1Sc1ccc(Br)cn1. The van der Waals surface area contributed by atoms with Gasteiger partial charge in [0.05, 0.1) is 5.56 Å². The molecule has 2 rings (SSSR count). The maximum absolute atomic E-state index is 13.6. The van der Waals surface area contributed by atoms with Crippen molar-refractivity contribution in [3.8, 4) is 0 Å². The average molecular weight is 343 g/mol. The molecule has 3 N–H and O–H groups in total. The van der Waals surface area contributed by atoms with Crippen LogP contribution >= 0.6 is 27.7 Å². The van der Waals surface area contributed by atoms with Gasteiger partial charge in [-0.25, -0.2) is 14.2 Å². The van der Waals surface area contributed by atoms with Crippen LogP contribution in [-0.2, 0) is 0 Å². The number of aromatic carboxylic acids is 1. The molecule has 0 aliphatic rings. The van der Waals surface area contributed by atoms with Gasteiger partial charge in [-0.05, 0) is 40.2 Å². The summed E-state index contributed by atoms with van der Waals surface area (Å²) in [7, 11) is 0. The van der Waals surface area contributed by atoms with Crippen molar-refractivity contribution in [2.45, 2.75) is 9.92 Å². The van der Waals surface area contributed by atoms with Crippen LogP contribution < -0.4 is 5.73 Å². The van der Waals surface area contributed by atoms with Gasteiger partial charge in [-0.15, -0.1) is 0 Å². The summed E-state index contributed by atoms with van der Waals surface area (Å²) in [5.41, 5.74) is 5.48. The number of anilines is 1. The number of carboxylic acid groups (broad SMARTS) is 1. The highest BCUT2D eigenvalue weighted by Gasteiger charge is 2.14. The number of hydrogen-bond acceptors (Lipinski definition) is 4. The van der Waals surface area contributed by atoms with Crippen LogP contribution in [0.15, 0.2) is 44.9 Å². The molecule has 0 radical (unpaired) electrons. The highest BCUT2D eigenvalue weighted by molar-refractivity contribution is 9.10. The zero-order valence-corrected chi connectivity index (χ0v) is 11.8. The number of carboxylic acids is 1. The molecule has 2 aromatic rings. The number of benzene rings is 1. The number of pyridine rings is 1. The molecular formula is C12H8BrFN2O2S. The first-order valence-corrected chi connectivity index (χ1v) is 6.70. The lowest BCUT2D eigenvalue weighted by Crippen LogP contribution is -2.03. The standard InChI is InChI=1S/C12H8BrFN2O2S/c13-6-1-2-11(16-5-6)19-10-4-8(14)7(12(17)18)3-9(10)15/h1-5H,15H2,(H,17,18). The predicted octanol–water partition coefficient (Wildman–Crippen LogP) is 3.41. The average Bonchev–Trinajstić information content (AvgIpc) is 2.35. The van der Waals surface area contributed by atoms with E-state index in [1.165, 1.54) is 11.8 Å². The van der Waals surface area contributed by atoms with Gasteiger partial charge in [0.1, 0.15) is 10.8 Å². The van der Waals surface area contributed by atoms with Crippen molar-refractivity contribution in [2.24, 2.45) is 0 Å². The Kier molecular flexibility index (Phi) is 4.06. The first-order chi connectivity index (χ1) is 8.97. The Hall–Kier alpha value is -1.60. The Morgan fingerprint density at radius 2 is 2.16 bits per heavy atom. The van der Waals surface area contributed by atoms with E-state index in [-0.39, 0.29) is 5.69 Å². The highest BCUT2D eigenvalue weighted by Crippen LogP contribution is 2.33. The lowest BCUT2D eigenvalue weighted by atomic mass is 10.2. The summed E-state index contributed by atoms with van der Waals surface area (Å²) < 4.78 is 14.4. The summed E-state index contributed by atoms with van der Waals surface area (Å²) in [6.45, 7) is 0. The Labute approximate surface area is 121 Å². The van der Waals surface area contributed by atoms with Gasteiger partial charge in [-0.3, -0.25) is 0 Å². The maximum Gasteiger partial charge on any atom is 0.338 e. The number of nitrogens with zero attached hydrogens (tertiary/aromatic N) is 1. The zero-order valence-electron chi connectivity index (χ0n) is 9.43. The van der Waals surface area contributed by atoms with Gasteiger partial charge >= 0.3 is 5.97 Å². The van der Waals surface area contributed by atoms with Crippen molar-refractivity contribution >= 4 is 39.3 Å². The molecule has 0 spiro atoms. The molecule has 0 bridgehead atoms. The first-order valence-electron chi connectivity index (χ1n) is 5.09. The Morgan fingerprint density at radius 3 is 2.74 bits per heavy atom. The quantitative estimate of drug-likeness (QED) is 0.836. The summed E-state index contributed by atoms with van der Waals surface area (Å²) in [6, 6.07) is 5.76. The van der Waals surface area contributed by atoms with Gasteiger partial charge in [-0.1, -0.05) is 11.8 Å². The van der Waals surface area contributed by atoms with Crippen molar-refractivity contribution in [3.05, 3.63) is 46.3 Å². The van der Waals surface area contributed by atoms with E-state index in [2.05, 4.69) is 20.9 Å². The van der Waals surface area contributed by atoms with E-state index in [4.69, 9.17) is 10.8 Å². The summed E-state index contributed by atoms with van der Waals surface area (Å²) in [5, 5.41) is 9.42. The molecule has 0 saturated carbocycles. The minimum atomic E-state index is -1.34. The fraction of sp³-hybridized carbons (Fsp3) is 0. The van der Waals surface area contributed by atoms with Crippen molar-refractivity contribution in [3.63, 3.8) is 0 Å². The molecule has 0 fully saturated rings.